The predicted molar refractivity (Wildman–Crippen MR) is 88.8 cm³/mol. The highest BCUT2D eigenvalue weighted by molar-refractivity contribution is 5.92. The Bertz CT molecular complexity index is 823. The molecule has 3 rings (SSSR count). The first kappa shape index (κ1) is 17.0. The van der Waals surface area contributed by atoms with Gasteiger partial charge in [0.15, 0.2) is 11.6 Å². The van der Waals surface area contributed by atoms with E-state index in [1.807, 2.05) is 13.8 Å². The third kappa shape index (κ3) is 3.51. The SMILES string of the molecule is Cc1nc(C(=O)N2CCO[C@@H](c3nc(C(C)C)n[nH]3)C2)ccc1C#N. The first-order valence-corrected chi connectivity index (χ1v) is 8.20. The van der Waals surface area contributed by atoms with Gasteiger partial charge in [0.2, 0.25) is 0 Å². The number of nitrogens with zero attached hydrogens (tertiary/aromatic N) is 5. The summed E-state index contributed by atoms with van der Waals surface area (Å²) in [6.07, 6.45) is -0.336. The molecule has 2 aromatic rings. The Morgan fingerprint density at radius 1 is 1.44 bits per heavy atom. The number of morpholine rings is 1. The summed E-state index contributed by atoms with van der Waals surface area (Å²) in [4.78, 5) is 23.1. The van der Waals surface area contributed by atoms with Crippen LogP contribution in [0.2, 0.25) is 0 Å². The van der Waals surface area contributed by atoms with E-state index in [-0.39, 0.29) is 17.9 Å². The second kappa shape index (κ2) is 6.99. The van der Waals surface area contributed by atoms with Crippen molar-refractivity contribution in [2.75, 3.05) is 19.7 Å². The van der Waals surface area contributed by atoms with Crippen LogP contribution in [-0.2, 0) is 4.74 Å². The Hall–Kier alpha value is -2.79. The van der Waals surface area contributed by atoms with Crippen LogP contribution in [0.1, 0.15) is 59.3 Å². The summed E-state index contributed by atoms with van der Waals surface area (Å²) < 4.78 is 5.74. The number of H-pyrrole nitrogens is 1. The molecule has 3 heterocycles. The zero-order chi connectivity index (χ0) is 18.0. The van der Waals surface area contributed by atoms with Crippen molar-refractivity contribution in [2.24, 2.45) is 0 Å². The van der Waals surface area contributed by atoms with E-state index in [0.717, 1.165) is 5.82 Å². The number of ether oxygens (including phenoxy) is 1. The lowest BCUT2D eigenvalue weighted by atomic mass is 10.2. The van der Waals surface area contributed by atoms with Crippen LogP contribution in [0, 0.1) is 18.3 Å². The number of nitriles is 1. The average Bonchev–Trinajstić information content (AvgIpc) is 3.11. The van der Waals surface area contributed by atoms with E-state index in [1.54, 1.807) is 24.0 Å². The topological polar surface area (TPSA) is 108 Å². The molecule has 0 bridgehead atoms. The predicted octanol–water partition coefficient (Wildman–Crippen LogP) is 1.72. The molecule has 0 unspecified atom stereocenters. The Morgan fingerprint density at radius 2 is 2.24 bits per heavy atom. The molecule has 8 nitrogen and oxygen atoms in total. The van der Waals surface area contributed by atoms with Crippen molar-refractivity contribution in [1.82, 2.24) is 25.1 Å². The number of aromatic amines is 1. The smallest absolute Gasteiger partial charge is 0.272 e. The summed E-state index contributed by atoms with van der Waals surface area (Å²) in [5.41, 5.74) is 1.35. The summed E-state index contributed by atoms with van der Waals surface area (Å²) in [7, 11) is 0. The highest BCUT2D eigenvalue weighted by Gasteiger charge is 2.29. The number of pyridine rings is 1. The molecule has 1 fully saturated rings. The van der Waals surface area contributed by atoms with Crippen molar-refractivity contribution in [2.45, 2.75) is 32.8 Å². The quantitative estimate of drug-likeness (QED) is 0.911. The molecule has 2 aromatic heterocycles. The molecule has 1 amide bonds. The van der Waals surface area contributed by atoms with Gasteiger partial charge >= 0.3 is 0 Å². The molecule has 1 saturated heterocycles. The Labute approximate surface area is 145 Å². The fourth-order valence-electron chi connectivity index (χ4n) is 2.65. The minimum atomic E-state index is -0.336. The van der Waals surface area contributed by atoms with Gasteiger partial charge in [0.05, 0.1) is 24.4 Å². The van der Waals surface area contributed by atoms with Crippen molar-refractivity contribution in [3.63, 3.8) is 0 Å². The normalized spacial score (nSPS) is 17.6. The molecule has 1 aliphatic rings. The van der Waals surface area contributed by atoms with Gasteiger partial charge in [0, 0.05) is 12.5 Å². The molecular weight excluding hydrogens is 320 g/mol. The Kier molecular flexibility index (Phi) is 4.76. The van der Waals surface area contributed by atoms with Crippen LogP contribution in [0.4, 0.5) is 0 Å². The van der Waals surface area contributed by atoms with Crippen molar-refractivity contribution in [1.29, 1.82) is 5.26 Å². The maximum absolute atomic E-state index is 12.7. The molecule has 0 aromatic carbocycles. The minimum absolute atomic E-state index is 0.176. The van der Waals surface area contributed by atoms with Crippen LogP contribution in [0.3, 0.4) is 0 Å². The first-order valence-electron chi connectivity index (χ1n) is 8.20. The molecule has 0 aliphatic carbocycles. The van der Waals surface area contributed by atoms with Crippen LogP contribution < -0.4 is 0 Å². The van der Waals surface area contributed by atoms with Gasteiger partial charge in [-0.25, -0.2) is 9.97 Å². The molecule has 0 spiro atoms. The van der Waals surface area contributed by atoms with E-state index in [2.05, 4.69) is 26.2 Å². The molecule has 1 N–H and O–H groups in total. The number of nitrogens with one attached hydrogen (secondary N) is 1. The maximum atomic E-state index is 12.7. The second-order valence-electron chi connectivity index (χ2n) is 6.29. The Morgan fingerprint density at radius 3 is 2.88 bits per heavy atom. The fraction of sp³-hybridized carbons (Fsp3) is 0.471. The molecular formula is C17H20N6O2. The molecule has 1 aliphatic heterocycles. The fourth-order valence-corrected chi connectivity index (χ4v) is 2.65. The number of carbonyl (C=O) groups is 1. The van der Waals surface area contributed by atoms with Crippen LogP contribution in [0.15, 0.2) is 12.1 Å². The first-order chi connectivity index (χ1) is 12.0. The molecule has 130 valence electrons. The standard InChI is InChI=1S/C17H20N6O2/c1-10(2)15-20-16(22-21-15)14-9-23(6-7-25-14)17(24)13-5-4-12(8-18)11(3)19-13/h4-5,10,14H,6-7,9H2,1-3H3,(H,20,21,22)/t14-/m1/s1. The lowest BCUT2D eigenvalue weighted by Crippen LogP contribution is -2.42. The van der Waals surface area contributed by atoms with E-state index in [1.165, 1.54) is 0 Å². The van der Waals surface area contributed by atoms with Crippen LogP contribution >= 0.6 is 0 Å². The zero-order valence-corrected chi connectivity index (χ0v) is 14.5. The summed E-state index contributed by atoms with van der Waals surface area (Å²) in [5.74, 6) is 1.40. The largest absolute Gasteiger partial charge is 0.367 e. The molecule has 8 heteroatoms. The van der Waals surface area contributed by atoms with Gasteiger partial charge in [-0.1, -0.05) is 13.8 Å². The monoisotopic (exact) mass is 340 g/mol. The summed E-state index contributed by atoms with van der Waals surface area (Å²) in [6, 6.07) is 5.26. The van der Waals surface area contributed by atoms with E-state index in [9.17, 15) is 4.79 Å². The highest BCUT2D eigenvalue weighted by Crippen LogP contribution is 2.22. The van der Waals surface area contributed by atoms with Gasteiger partial charge in [-0.2, -0.15) is 10.4 Å². The number of rotatable bonds is 3. The average molecular weight is 340 g/mol. The van der Waals surface area contributed by atoms with Crippen molar-refractivity contribution < 1.29 is 9.53 Å². The molecule has 1 atom stereocenters. The van der Waals surface area contributed by atoms with Crippen LogP contribution in [0.5, 0.6) is 0 Å². The van der Waals surface area contributed by atoms with E-state index in [0.29, 0.717) is 42.5 Å². The summed E-state index contributed by atoms with van der Waals surface area (Å²) >= 11 is 0. The number of amides is 1. The molecule has 0 radical (unpaired) electrons. The van der Waals surface area contributed by atoms with E-state index in [4.69, 9.17) is 10.00 Å². The van der Waals surface area contributed by atoms with Crippen molar-refractivity contribution in [3.8, 4) is 6.07 Å². The van der Waals surface area contributed by atoms with Gasteiger partial charge < -0.3 is 9.64 Å². The van der Waals surface area contributed by atoms with Gasteiger partial charge in [-0.3, -0.25) is 9.89 Å². The lowest BCUT2D eigenvalue weighted by Gasteiger charge is -2.31. The maximum Gasteiger partial charge on any atom is 0.272 e. The van der Waals surface area contributed by atoms with E-state index >= 15 is 0 Å². The second-order valence-corrected chi connectivity index (χ2v) is 6.29. The van der Waals surface area contributed by atoms with Crippen molar-refractivity contribution >= 4 is 5.91 Å². The van der Waals surface area contributed by atoms with Gasteiger partial charge in [-0.15, -0.1) is 0 Å². The highest BCUT2D eigenvalue weighted by atomic mass is 16.5. The van der Waals surface area contributed by atoms with Crippen molar-refractivity contribution in [3.05, 3.63) is 40.7 Å². The summed E-state index contributed by atoms with van der Waals surface area (Å²) in [5, 5.41) is 16.1. The Balaban J connectivity index is 1.75. The van der Waals surface area contributed by atoms with Gasteiger partial charge in [0.25, 0.3) is 5.91 Å². The minimum Gasteiger partial charge on any atom is -0.367 e. The molecule has 0 saturated carbocycles. The van der Waals surface area contributed by atoms with E-state index < -0.39 is 0 Å². The van der Waals surface area contributed by atoms with Crippen LogP contribution in [-0.4, -0.2) is 50.7 Å². The number of carbonyl (C=O) groups excluding carboxylic acids is 1. The number of aromatic nitrogens is 4. The number of aryl methyl sites for hydroxylation is 1. The van der Waals surface area contributed by atoms with Gasteiger partial charge in [-0.05, 0) is 19.1 Å². The van der Waals surface area contributed by atoms with Gasteiger partial charge in [0.1, 0.15) is 17.9 Å². The number of hydrogen-bond donors (Lipinski definition) is 1. The summed E-state index contributed by atoms with van der Waals surface area (Å²) in [6.45, 7) is 7.04. The number of hydrogen-bond acceptors (Lipinski definition) is 6. The van der Waals surface area contributed by atoms with Crippen LogP contribution in [0.25, 0.3) is 0 Å². The third-order valence-electron chi connectivity index (χ3n) is 4.12. The molecule has 25 heavy (non-hydrogen) atoms. The third-order valence-corrected chi connectivity index (χ3v) is 4.12. The lowest BCUT2D eigenvalue weighted by molar-refractivity contribution is -0.0268. The zero-order valence-electron chi connectivity index (χ0n) is 14.5.